The summed E-state index contributed by atoms with van der Waals surface area (Å²) in [5.41, 5.74) is 1.65. The Balaban J connectivity index is 0.00000208. The molecule has 2 aromatic rings. The lowest BCUT2D eigenvalue weighted by Crippen LogP contribution is -2.42. The van der Waals surface area contributed by atoms with E-state index in [1.54, 1.807) is 11.3 Å². The molecular weight excluding hydrogens is 340 g/mol. The Kier molecular flexibility index (Phi) is 7.08. The largest absolute Gasteiger partial charge is 0.356 e. The molecule has 3 nitrogen and oxygen atoms in total. The molecule has 3 rings (SSSR count). The van der Waals surface area contributed by atoms with E-state index in [2.05, 4.69) is 47.2 Å². The minimum Gasteiger partial charge on any atom is -0.356 e. The number of fused-ring (bicyclic) bond motifs is 1. The van der Waals surface area contributed by atoms with Gasteiger partial charge < -0.3 is 10.6 Å². The number of nitrogens with one attached hydrogen (secondary N) is 2. The summed E-state index contributed by atoms with van der Waals surface area (Å²) in [5, 5.41) is 10.1. The first-order chi connectivity index (χ1) is 11.2. The number of halogens is 1. The van der Waals surface area contributed by atoms with Crippen molar-refractivity contribution in [2.75, 3.05) is 19.6 Å². The van der Waals surface area contributed by atoms with E-state index in [0.717, 1.165) is 45.3 Å². The summed E-state index contributed by atoms with van der Waals surface area (Å²) in [4.78, 5) is 12.1. The van der Waals surface area contributed by atoms with Gasteiger partial charge in [-0.05, 0) is 66.6 Å². The maximum absolute atomic E-state index is 12.1. The fourth-order valence-corrected chi connectivity index (χ4v) is 4.27. The zero-order valence-electron chi connectivity index (χ0n) is 14.3. The van der Waals surface area contributed by atoms with Crippen LogP contribution >= 0.6 is 23.7 Å². The summed E-state index contributed by atoms with van der Waals surface area (Å²) >= 11 is 1.79. The Morgan fingerprint density at radius 3 is 2.83 bits per heavy atom. The molecule has 0 saturated carbocycles. The van der Waals surface area contributed by atoms with E-state index in [-0.39, 0.29) is 23.7 Å². The summed E-state index contributed by atoms with van der Waals surface area (Å²) < 4.78 is 1.34. The highest BCUT2D eigenvalue weighted by atomic mass is 35.5. The van der Waals surface area contributed by atoms with E-state index in [4.69, 9.17) is 0 Å². The van der Waals surface area contributed by atoms with Gasteiger partial charge in [0.2, 0.25) is 5.91 Å². The Hall–Kier alpha value is -1.10. The molecule has 2 N–H and O–H groups in total. The number of amides is 1. The molecule has 132 valence electrons. The van der Waals surface area contributed by atoms with Gasteiger partial charge in [0.1, 0.15) is 0 Å². The van der Waals surface area contributed by atoms with E-state index in [0.29, 0.717) is 6.42 Å². The maximum atomic E-state index is 12.1. The monoisotopic (exact) mass is 366 g/mol. The van der Waals surface area contributed by atoms with Crippen LogP contribution in [0.2, 0.25) is 0 Å². The van der Waals surface area contributed by atoms with Crippen LogP contribution in [0.3, 0.4) is 0 Å². The number of carbonyl (C=O) groups excluding carboxylic acids is 1. The average Bonchev–Trinajstić information content (AvgIpc) is 2.97. The molecule has 1 aromatic heterocycles. The van der Waals surface area contributed by atoms with E-state index < -0.39 is 0 Å². The third kappa shape index (κ3) is 4.95. The van der Waals surface area contributed by atoms with Crippen molar-refractivity contribution in [2.24, 2.45) is 5.41 Å². The molecule has 1 saturated heterocycles. The summed E-state index contributed by atoms with van der Waals surface area (Å²) in [7, 11) is 0. The maximum Gasteiger partial charge on any atom is 0.220 e. The molecule has 5 heteroatoms. The van der Waals surface area contributed by atoms with Crippen molar-refractivity contribution < 1.29 is 4.79 Å². The first kappa shape index (κ1) is 19.2. The first-order valence-corrected chi connectivity index (χ1v) is 9.47. The van der Waals surface area contributed by atoms with Crippen molar-refractivity contribution in [2.45, 2.75) is 39.0 Å². The third-order valence-electron chi connectivity index (χ3n) is 4.93. The third-order valence-corrected chi connectivity index (χ3v) is 5.95. The number of carbonyl (C=O) groups is 1. The number of thiophene rings is 1. The topological polar surface area (TPSA) is 41.1 Å². The predicted octanol–water partition coefficient (Wildman–Crippen LogP) is 4.15. The second-order valence-electron chi connectivity index (χ2n) is 6.95. The zero-order chi connectivity index (χ0) is 16.1. The number of hydrogen-bond acceptors (Lipinski definition) is 3. The summed E-state index contributed by atoms with van der Waals surface area (Å²) in [6.45, 7) is 5.23. The molecule has 1 fully saturated rings. The van der Waals surface area contributed by atoms with Crippen LogP contribution in [-0.2, 0) is 11.2 Å². The van der Waals surface area contributed by atoms with Gasteiger partial charge in [-0.1, -0.05) is 25.1 Å². The van der Waals surface area contributed by atoms with Crippen molar-refractivity contribution in [3.05, 3.63) is 35.2 Å². The lowest BCUT2D eigenvalue weighted by Gasteiger charge is -2.34. The second-order valence-corrected chi connectivity index (χ2v) is 7.86. The molecule has 1 aromatic carbocycles. The summed E-state index contributed by atoms with van der Waals surface area (Å²) in [6.07, 6.45) is 4.82. The van der Waals surface area contributed by atoms with Crippen molar-refractivity contribution in [1.82, 2.24) is 10.6 Å². The Bertz CT molecular complexity index is 664. The smallest absolute Gasteiger partial charge is 0.220 e. The zero-order valence-corrected chi connectivity index (χ0v) is 15.9. The van der Waals surface area contributed by atoms with Gasteiger partial charge in [-0.2, -0.15) is 0 Å². The Morgan fingerprint density at radius 2 is 2.04 bits per heavy atom. The van der Waals surface area contributed by atoms with Crippen molar-refractivity contribution in [3.63, 3.8) is 0 Å². The van der Waals surface area contributed by atoms with Crippen LogP contribution < -0.4 is 10.6 Å². The van der Waals surface area contributed by atoms with Crippen LogP contribution in [0.15, 0.2) is 29.6 Å². The van der Waals surface area contributed by atoms with Gasteiger partial charge in [0.25, 0.3) is 0 Å². The van der Waals surface area contributed by atoms with Gasteiger partial charge in [-0.3, -0.25) is 4.79 Å². The number of piperidine rings is 1. The van der Waals surface area contributed by atoms with Crippen LogP contribution in [0, 0.1) is 5.41 Å². The SMILES string of the molecule is CC1(CNC(=O)CCCc2csc3ccccc23)CCNCC1.Cl. The molecule has 0 spiro atoms. The number of benzene rings is 1. The van der Waals surface area contributed by atoms with Gasteiger partial charge in [0, 0.05) is 17.7 Å². The molecule has 1 aliphatic heterocycles. The van der Waals surface area contributed by atoms with E-state index in [9.17, 15) is 4.79 Å². The van der Waals surface area contributed by atoms with Crippen LogP contribution in [0.5, 0.6) is 0 Å². The number of rotatable bonds is 6. The van der Waals surface area contributed by atoms with Crippen LogP contribution in [-0.4, -0.2) is 25.5 Å². The lowest BCUT2D eigenvalue weighted by molar-refractivity contribution is -0.121. The Labute approximate surface area is 154 Å². The van der Waals surface area contributed by atoms with E-state index in [1.165, 1.54) is 15.6 Å². The van der Waals surface area contributed by atoms with E-state index in [1.807, 2.05) is 0 Å². The van der Waals surface area contributed by atoms with Gasteiger partial charge in [0.05, 0.1) is 0 Å². The molecular formula is C19H27ClN2OS. The van der Waals surface area contributed by atoms with Crippen molar-refractivity contribution >= 4 is 39.7 Å². The van der Waals surface area contributed by atoms with Crippen LogP contribution in [0.25, 0.3) is 10.1 Å². The minimum absolute atomic E-state index is 0. The molecule has 0 aliphatic carbocycles. The highest BCUT2D eigenvalue weighted by molar-refractivity contribution is 7.17. The predicted molar refractivity (Wildman–Crippen MR) is 105 cm³/mol. The molecule has 0 radical (unpaired) electrons. The van der Waals surface area contributed by atoms with Gasteiger partial charge >= 0.3 is 0 Å². The molecule has 0 unspecified atom stereocenters. The molecule has 24 heavy (non-hydrogen) atoms. The number of aryl methyl sites for hydroxylation is 1. The molecule has 2 heterocycles. The summed E-state index contributed by atoms with van der Waals surface area (Å²) in [5.74, 6) is 0.198. The van der Waals surface area contributed by atoms with Gasteiger partial charge in [-0.15, -0.1) is 23.7 Å². The van der Waals surface area contributed by atoms with Gasteiger partial charge in [-0.25, -0.2) is 0 Å². The first-order valence-electron chi connectivity index (χ1n) is 8.59. The quantitative estimate of drug-likeness (QED) is 0.806. The number of hydrogen-bond donors (Lipinski definition) is 2. The highest BCUT2D eigenvalue weighted by Gasteiger charge is 2.26. The van der Waals surface area contributed by atoms with Crippen LogP contribution in [0.1, 0.15) is 38.2 Å². The lowest BCUT2D eigenvalue weighted by atomic mass is 9.81. The fraction of sp³-hybridized carbons (Fsp3) is 0.526. The normalized spacial score (nSPS) is 16.5. The molecule has 0 bridgehead atoms. The average molecular weight is 367 g/mol. The van der Waals surface area contributed by atoms with Crippen molar-refractivity contribution in [1.29, 1.82) is 0 Å². The second kappa shape index (κ2) is 8.84. The molecule has 0 atom stereocenters. The van der Waals surface area contributed by atoms with E-state index >= 15 is 0 Å². The fourth-order valence-electron chi connectivity index (χ4n) is 3.27. The van der Waals surface area contributed by atoms with Gasteiger partial charge in [0.15, 0.2) is 0 Å². The molecule has 1 amide bonds. The standard InChI is InChI=1S/C19H26N2OS.ClH/c1-19(9-11-20-12-10-19)14-21-18(22)8-4-5-15-13-23-17-7-3-2-6-16(15)17;/h2-3,6-7,13,20H,4-5,8-12,14H2,1H3,(H,21,22);1H. The summed E-state index contributed by atoms with van der Waals surface area (Å²) in [6, 6.07) is 8.51. The minimum atomic E-state index is 0. The highest BCUT2D eigenvalue weighted by Crippen LogP contribution is 2.27. The van der Waals surface area contributed by atoms with Crippen molar-refractivity contribution in [3.8, 4) is 0 Å². The molecule has 1 aliphatic rings. The Morgan fingerprint density at radius 1 is 1.29 bits per heavy atom. The van der Waals surface area contributed by atoms with Crippen LogP contribution in [0.4, 0.5) is 0 Å².